The number of hydrogen-bond donors (Lipinski definition) is 1. The summed E-state index contributed by atoms with van der Waals surface area (Å²) in [4.78, 5) is 29.0. The third-order valence-electron chi connectivity index (χ3n) is 5.14. The van der Waals surface area contributed by atoms with Crippen LogP contribution in [0.2, 0.25) is 0 Å². The average molecular weight is 398 g/mol. The quantitative estimate of drug-likeness (QED) is 0.502. The average Bonchev–Trinajstić information content (AvgIpc) is 3.05. The summed E-state index contributed by atoms with van der Waals surface area (Å²) in [6.45, 7) is 7.34. The number of benzene rings is 2. The van der Waals surface area contributed by atoms with Crippen LogP contribution in [0.15, 0.2) is 54.7 Å². The number of carbonyl (C=O) groups is 2. The van der Waals surface area contributed by atoms with E-state index in [-0.39, 0.29) is 11.7 Å². The molecule has 0 aliphatic rings. The summed E-state index contributed by atoms with van der Waals surface area (Å²) in [7, 11) is 0. The van der Waals surface area contributed by atoms with Crippen molar-refractivity contribution in [1.82, 2.24) is 14.6 Å². The molecule has 0 unspecified atom stereocenters. The Labute approximate surface area is 174 Å². The van der Waals surface area contributed by atoms with Crippen LogP contribution in [0.25, 0.3) is 16.8 Å². The lowest BCUT2D eigenvalue weighted by Crippen LogP contribution is -2.16. The molecule has 0 saturated carbocycles. The summed E-state index contributed by atoms with van der Waals surface area (Å²) in [5.74, 6) is -0.353. The minimum absolute atomic E-state index is 0.0546. The fourth-order valence-corrected chi connectivity index (χ4v) is 3.58. The highest BCUT2D eigenvalue weighted by atomic mass is 16.1. The van der Waals surface area contributed by atoms with Gasteiger partial charge in [0.2, 0.25) is 0 Å². The first-order valence-corrected chi connectivity index (χ1v) is 9.69. The minimum atomic E-state index is -0.298. The van der Waals surface area contributed by atoms with E-state index in [0.717, 1.165) is 22.4 Å². The molecule has 4 rings (SSSR count). The van der Waals surface area contributed by atoms with Gasteiger partial charge < -0.3 is 5.32 Å². The summed E-state index contributed by atoms with van der Waals surface area (Å²) < 4.78 is 1.72. The number of nitrogens with one attached hydrogen (secondary N) is 1. The highest BCUT2D eigenvalue weighted by Crippen LogP contribution is 2.29. The lowest BCUT2D eigenvalue weighted by atomic mass is 10.0. The van der Waals surface area contributed by atoms with E-state index in [1.54, 1.807) is 35.0 Å². The Kier molecular flexibility index (Phi) is 4.91. The van der Waals surface area contributed by atoms with E-state index in [1.165, 1.54) is 6.92 Å². The Bertz CT molecular complexity index is 1300. The first-order chi connectivity index (χ1) is 14.3. The van der Waals surface area contributed by atoms with Crippen molar-refractivity contribution < 1.29 is 9.59 Å². The number of carbonyl (C=O) groups excluding carboxylic acids is 2. The Balaban J connectivity index is 1.73. The number of amides is 1. The van der Waals surface area contributed by atoms with Crippen molar-refractivity contribution in [1.29, 1.82) is 0 Å². The molecule has 150 valence electrons. The fraction of sp³-hybridized carbons (Fsp3) is 0.167. The van der Waals surface area contributed by atoms with Crippen molar-refractivity contribution in [3.8, 4) is 11.1 Å². The van der Waals surface area contributed by atoms with Crippen LogP contribution in [0.5, 0.6) is 0 Å². The summed E-state index contributed by atoms with van der Waals surface area (Å²) >= 11 is 0. The molecule has 30 heavy (non-hydrogen) atoms. The highest BCUT2D eigenvalue weighted by molar-refractivity contribution is 6.06. The van der Waals surface area contributed by atoms with Crippen LogP contribution >= 0.6 is 0 Å². The van der Waals surface area contributed by atoms with E-state index in [2.05, 4.69) is 21.5 Å². The van der Waals surface area contributed by atoms with Gasteiger partial charge >= 0.3 is 0 Å². The van der Waals surface area contributed by atoms with Crippen molar-refractivity contribution >= 4 is 23.0 Å². The van der Waals surface area contributed by atoms with Gasteiger partial charge in [-0.15, -0.1) is 0 Å². The maximum Gasteiger partial charge on any atom is 0.259 e. The van der Waals surface area contributed by atoms with Gasteiger partial charge in [0.25, 0.3) is 5.91 Å². The molecule has 0 saturated heterocycles. The molecule has 0 aliphatic carbocycles. The lowest BCUT2D eigenvalue weighted by molar-refractivity contribution is 0.101. The van der Waals surface area contributed by atoms with Crippen LogP contribution < -0.4 is 5.32 Å². The molecular weight excluding hydrogens is 376 g/mol. The molecular formula is C24H22N4O2. The monoisotopic (exact) mass is 398 g/mol. The van der Waals surface area contributed by atoms with E-state index < -0.39 is 0 Å². The maximum atomic E-state index is 12.9. The van der Waals surface area contributed by atoms with E-state index in [9.17, 15) is 9.59 Å². The van der Waals surface area contributed by atoms with Crippen LogP contribution in [0, 0.1) is 20.8 Å². The zero-order valence-corrected chi connectivity index (χ0v) is 17.4. The van der Waals surface area contributed by atoms with E-state index >= 15 is 0 Å². The van der Waals surface area contributed by atoms with Crippen molar-refractivity contribution in [3.05, 3.63) is 82.8 Å². The zero-order valence-electron chi connectivity index (χ0n) is 17.4. The highest BCUT2D eigenvalue weighted by Gasteiger charge is 2.19. The summed E-state index contributed by atoms with van der Waals surface area (Å²) in [5.41, 5.74) is 6.96. The Morgan fingerprint density at radius 1 is 1.00 bits per heavy atom. The minimum Gasteiger partial charge on any atom is -0.322 e. The first kappa shape index (κ1) is 19.5. The first-order valence-electron chi connectivity index (χ1n) is 9.69. The third-order valence-corrected chi connectivity index (χ3v) is 5.14. The largest absolute Gasteiger partial charge is 0.322 e. The molecule has 6 nitrogen and oxygen atoms in total. The maximum absolute atomic E-state index is 12.9. The number of nitrogens with zero attached hydrogens (tertiary/aromatic N) is 3. The topological polar surface area (TPSA) is 76.4 Å². The van der Waals surface area contributed by atoms with Crippen LogP contribution in [-0.2, 0) is 0 Å². The van der Waals surface area contributed by atoms with Crippen LogP contribution in [0.3, 0.4) is 0 Å². The van der Waals surface area contributed by atoms with Crippen LogP contribution in [0.4, 0.5) is 5.69 Å². The second kappa shape index (κ2) is 7.55. The molecule has 4 aromatic rings. The second-order valence-corrected chi connectivity index (χ2v) is 7.41. The normalized spacial score (nSPS) is 10.9. The van der Waals surface area contributed by atoms with E-state index in [0.29, 0.717) is 28.2 Å². The van der Waals surface area contributed by atoms with Crippen LogP contribution in [-0.4, -0.2) is 26.3 Å². The number of rotatable bonds is 4. The molecule has 2 aromatic heterocycles. The molecule has 0 atom stereocenters. The number of aromatic nitrogens is 3. The molecule has 0 radical (unpaired) electrons. The third kappa shape index (κ3) is 3.48. The molecule has 2 aromatic carbocycles. The number of Topliss-reactive ketones (excluding diaryl/α,β-unsaturated/α-hetero) is 1. The fourth-order valence-electron chi connectivity index (χ4n) is 3.58. The van der Waals surface area contributed by atoms with Gasteiger partial charge in [-0.05, 0) is 45.4 Å². The molecule has 1 N–H and O–H groups in total. The van der Waals surface area contributed by atoms with Gasteiger partial charge in [0, 0.05) is 23.0 Å². The summed E-state index contributed by atoms with van der Waals surface area (Å²) in [6, 6.07) is 15.1. The summed E-state index contributed by atoms with van der Waals surface area (Å²) in [5, 5.41) is 7.48. The molecule has 0 fully saturated rings. The number of fused-ring (bicyclic) bond motifs is 1. The molecule has 0 aliphatic heterocycles. The van der Waals surface area contributed by atoms with Crippen molar-refractivity contribution in [2.45, 2.75) is 27.7 Å². The summed E-state index contributed by atoms with van der Waals surface area (Å²) in [6.07, 6.45) is 1.58. The molecule has 0 spiro atoms. The predicted molar refractivity (Wildman–Crippen MR) is 117 cm³/mol. The SMILES string of the molecule is CC(=O)c1cccc(NC(=O)c2cnc3c(-c4cccc(C)c4)c(C)nn3c2C)c1. The molecule has 0 bridgehead atoms. The molecule has 1 amide bonds. The lowest BCUT2D eigenvalue weighted by Gasteiger charge is -2.10. The second-order valence-electron chi connectivity index (χ2n) is 7.41. The predicted octanol–water partition coefficient (Wildman–Crippen LogP) is 4.78. The van der Waals surface area contributed by atoms with Crippen molar-refractivity contribution in [2.24, 2.45) is 0 Å². The number of anilines is 1. The number of hydrogen-bond acceptors (Lipinski definition) is 4. The van der Waals surface area contributed by atoms with Gasteiger partial charge in [0.15, 0.2) is 11.4 Å². The Hall–Kier alpha value is -3.80. The number of aryl methyl sites for hydroxylation is 3. The zero-order chi connectivity index (χ0) is 21.4. The van der Waals surface area contributed by atoms with Gasteiger partial charge in [0.1, 0.15) is 0 Å². The Morgan fingerprint density at radius 3 is 2.50 bits per heavy atom. The number of ketones is 1. The van der Waals surface area contributed by atoms with Gasteiger partial charge in [0.05, 0.1) is 17.0 Å². The van der Waals surface area contributed by atoms with Gasteiger partial charge in [-0.1, -0.05) is 42.0 Å². The molecule has 6 heteroatoms. The van der Waals surface area contributed by atoms with Gasteiger partial charge in [-0.3, -0.25) is 9.59 Å². The smallest absolute Gasteiger partial charge is 0.259 e. The Morgan fingerprint density at radius 2 is 1.77 bits per heavy atom. The van der Waals surface area contributed by atoms with Crippen molar-refractivity contribution in [2.75, 3.05) is 5.32 Å². The van der Waals surface area contributed by atoms with Crippen LogP contribution in [0.1, 0.15) is 44.6 Å². The van der Waals surface area contributed by atoms with Gasteiger partial charge in [-0.25, -0.2) is 9.50 Å². The van der Waals surface area contributed by atoms with Gasteiger partial charge in [-0.2, -0.15) is 5.10 Å². The van der Waals surface area contributed by atoms with Crippen molar-refractivity contribution in [3.63, 3.8) is 0 Å². The molecule has 2 heterocycles. The van der Waals surface area contributed by atoms with E-state index in [1.807, 2.05) is 39.0 Å². The standard InChI is InChI=1S/C24H22N4O2/c1-14-7-5-9-19(11-14)22-15(2)27-28-16(3)21(13-25-23(22)28)24(30)26-20-10-6-8-18(12-20)17(4)29/h5-13H,1-4H3,(H,26,30). The van der Waals surface area contributed by atoms with E-state index in [4.69, 9.17) is 0 Å².